The number of nitrogens with one attached hydrogen (secondary N) is 1. The monoisotopic (exact) mass is 519 g/mol. The van der Waals surface area contributed by atoms with E-state index in [0.29, 0.717) is 35.6 Å². The maximum Gasteiger partial charge on any atom is 0.356 e. The molecule has 4 aromatic rings. The Hall–Kier alpha value is -4.24. The number of halogens is 1. The number of anilines is 2. The van der Waals surface area contributed by atoms with E-state index in [-0.39, 0.29) is 23.1 Å². The standard InChI is InChI=1S/C27H22ClN3O6/c1-13-7-16(14(2)29-19-4-6-22(28)30-24(19)27(33)34)25-17(8-13)20(32)9-23(37-25)31-10-15-3-5-21-26(18(15)11-31)36-12-35-21/h3-9,14,29H,10-12H2,1-2H3,(H,33,34). The molecule has 0 fully saturated rings. The van der Waals surface area contributed by atoms with Gasteiger partial charge in [0.05, 0.1) is 23.7 Å². The number of carboxylic acid groups (broad SMARTS) is 1. The fourth-order valence-electron chi connectivity index (χ4n) is 4.93. The summed E-state index contributed by atoms with van der Waals surface area (Å²) in [4.78, 5) is 30.9. The van der Waals surface area contributed by atoms with Gasteiger partial charge in [-0.15, -0.1) is 0 Å². The number of aromatic nitrogens is 1. The molecule has 2 aliphatic heterocycles. The molecule has 0 spiro atoms. The number of nitrogens with zero attached hydrogens (tertiary/aromatic N) is 2. The van der Waals surface area contributed by atoms with Crippen LogP contribution >= 0.6 is 11.6 Å². The summed E-state index contributed by atoms with van der Waals surface area (Å²) >= 11 is 5.90. The number of aromatic carboxylic acids is 1. The van der Waals surface area contributed by atoms with Gasteiger partial charge in [-0.1, -0.05) is 23.7 Å². The number of hydrogen-bond acceptors (Lipinski definition) is 8. The van der Waals surface area contributed by atoms with Crippen LogP contribution in [0.3, 0.4) is 0 Å². The van der Waals surface area contributed by atoms with Crippen molar-refractivity contribution in [2.24, 2.45) is 0 Å². The molecular weight excluding hydrogens is 498 g/mol. The van der Waals surface area contributed by atoms with Crippen LogP contribution < -0.4 is 25.1 Å². The van der Waals surface area contributed by atoms with Gasteiger partial charge in [0.25, 0.3) is 0 Å². The van der Waals surface area contributed by atoms with E-state index in [0.717, 1.165) is 33.8 Å². The Balaban J connectivity index is 1.39. The van der Waals surface area contributed by atoms with Crippen LogP contribution in [-0.4, -0.2) is 22.9 Å². The molecule has 4 heterocycles. The lowest BCUT2D eigenvalue weighted by molar-refractivity contribution is 0.0691. The lowest BCUT2D eigenvalue weighted by atomic mass is 10.0. The van der Waals surface area contributed by atoms with Crippen molar-refractivity contribution < 1.29 is 23.8 Å². The highest BCUT2D eigenvalue weighted by atomic mass is 35.5. The zero-order chi connectivity index (χ0) is 25.8. The highest BCUT2D eigenvalue weighted by Gasteiger charge is 2.30. The average molecular weight is 520 g/mol. The summed E-state index contributed by atoms with van der Waals surface area (Å²) in [5, 5.41) is 13.3. The van der Waals surface area contributed by atoms with E-state index in [4.69, 9.17) is 25.5 Å². The third-order valence-corrected chi connectivity index (χ3v) is 6.86. The largest absolute Gasteiger partial charge is 0.476 e. The first-order chi connectivity index (χ1) is 17.8. The number of fused-ring (bicyclic) bond motifs is 4. The summed E-state index contributed by atoms with van der Waals surface area (Å²) in [6.07, 6.45) is 0. The molecule has 2 aliphatic rings. The van der Waals surface area contributed by atoms with E-state index in [2.05, 4.69) is 10.3 Å². The second-order valence-corrected chi connectivity index (χ2v) is 9.56. The first-order valence-corrected chi connectivity index (χ1v) is 12.1. The Kier molecular flexibility index (Phi) is 5.45. The molecule has 37 heavy (non-hydrogen) atoms. The van der Waals surface area contributed by atoms with Crippen molar-refractivity contribution in [3.05, 3.63) is 85.8 Å². The fraction of sp³-hybridized carbons (Fsp3) is 0.222. The van der Waals surface area contributed by atoms with Gasteiger partial charge in [0, 0.05) is 23.7 Å². The van der Waals surface area contributed by atoms with Crippen LogP contribution in [0.1, 0.15) is 45.7 Å². The molecule has 0 amide bonds. The van der Waals surface area contributed by atoms with Crippen molar-refractivity contribution in [2.75, 3.05) is 17.0 Å². The minimum atomic E-state index is -1.20. The number of rotatable bonds is 5. The summed E-state index contributed by atoms with van der Waals surface area (Å²) in [7, 11) is 0. The Labute approximate surface area is 216 Å². The number of ether oxygens (including phenoxy) is 2. The van der Waals surface area contributed by atoms with Gasteiger partial charge >= 0.3 is 5.97 Å². The second kappa shape index (κ2) is 8.70. The van der Waals surface area contributed by atoms with Crippen LogP contribution in [0.2, 0.25) is 5.15 Å². The van der Waals surface area contributed by atoms with Gasteiger partial charge in [-0.2, -0.15) is 0 Å². The maximum atomic E-state index is 13.2. The lowest BCUT2D eigenvalue weighted by Crippen LogP contribution is -2.18. The first-order valence-electron chi connectivity index (χ1n) is 11.7. The van der Waals surface area contributed by atoms with Crippen LogP contribution in [0.25, 0.3) is 11.0 Å². The summed E-state index contributed by atoms with van der Waals surface area (Å²) in [6.45, 7) is 5.04. The predicted molar refractivity (Wildman–Crippen MR) is 138 cm³/mol. The third kappa shape index (κ3) is 4.01. The highest BCUT2D eigenvalue weighted by molar-refractivity contribution is 6.29. The molecule has 0 aliphatic carbocycles. The molecule has 10 heteroatoms. The van der Waals surface area contributed by atoms with Gasteiger partial charge in [0.15, 0.2) is 22.6 Å². The topological polar surface area (TPSA) is 114 Å². The van der Waals surface area contributed by atoms with E-state index in [1.165, 1.54) is 12.1 Å². The van der Waals surface area contributed by atoms with Gasteiger partial charge in [-0.25, -0.2) is 9.78 Å². The SMILES string of the molecule is Cc1cc(C(C)Nc2ccc(Cl)nc2C(=O)O)c2oc(N3Cc4ccc5c(c4C3)OCO5)cc(=O)c2c1. The number of pyridine rings is 1. The number of carboxylic acids is 1. The van der Waals surface area contributed by atoms with Crippen LogP contribution in [0.5, 0.6) is 11.5 Å². The van der Waals surface area contributed by atoms with Gasteiger partial charge in [-0.05, 0) is 49.2 Å². The Bertz CT molecular complexity index is 1650. The van der Waals surface area contributed by atoms with Crippen molar-refractivity contribution in [3.63, 3.8) is 0 Å². The second-order valence-electron chi connectivity index (χ2n) is 9.17. The molecule has 1 unspecified atom stereocenters. The number of aryl methyl sites for hydroxylation is 1. The smallest absolute Gasteiger partial charge is 0.356 e. The third-order valence-electron chi connectivity index (χ3n) is 6.65. The molecule has 9 nitrogen and oxygen atoms in total. The first kappa shape index (κ1) is 23.2. The van der Waals surface area contributed by atoms with Gasteiger partial charge < -0.3 is 29.2 Å². The van der Waals surface area contributed by atoms with E-state index >= 15 is 0 Å². The summed E-state index contributed by atoms with van der Waals surface area (Å²) in [5.41, 5.74) is 4.10. The molecule has 188 valence electrons. The lowest BCUT2D eigenvalue weighted by Gasteiger charge is -2.21. The zero-order valence-electron chi connectivity index (χ0n) is 20.0. The van der Waals surface area contributed by atoms with Crippen molar-refractivity contribution in [1.82, 2.24) is 4.98 Å². The van der Waals surface area contributed by atoms with Gasteiger partial charge in [0.1, 0.15) is 10.7 Å². The number of carbonyl (C=O) groups is 1. The molecule has 0 saturated heterocycles. The van der Waals surface area contributed by atoms with Crippen LogP contribution in [0, 0.1) is 6.92 Å². The molecule has 2 aromatic carbocycles. The van der Waals surface area contributed by atoms with Crippen LogP contribution in [0.15, 0.2) is 51.7 Å². The molecule has 1 atom stereocenters. The van der Waals surface area contributed by atoms with E-state index in [1.807, 2.05) is 36.9 Å². The Morgan fingerprint density at radius 3 is 2.81 bits per heavy atom. The van der Waals surface area contributed by atoms with Crippen LogP contribution in [-0.2, 0) is 13.1 Å². The van der Waals surface area contributed by atoms with E-state index < -0.39 is 12.0 Å². The number of hydrogen-bond donors (Lipinski definition) is 2. The molecule has 0 radical (unpaired) electrons. The Morgan fingerprint density at radius 2 is 2.00 bits per heavy atom. The minimum absolute atomic E-state index is 0.0847. The van der Waals surface area contributed by atoms with Crippen molar-refractivity contribution >= 4 is 40.1 Å². The highest BCUT2D eigenvalue weighted by Crippen LogP contribution is 2.43. The Morgan fingerprint density at radius 1 is 1.16 bits per heavy atom. The van der Waals surface area contributed by atoms with E-state index in [9.17, 15) is 14.7 Å². The zero-order valence-corrected chi connectivity index (χ0v) is 20.8. The molecule has 2 N–H and O–H groups in total. The average Bonchev–Trinajstić information content (AvgIpc) is 3.51. The van der Waals surface area contributed by atoms with Gasteiger partial charge in [-0.3, -0.25) is 4.79 Å². The minimum Gasteiger partial charge on any atom is -0.476 e. The molecular formula is C27H22ClN3O6. The van der Waals surface area contributed by atoms with Gasteiger partial charge in [0.2, 0.25) is 12.7 Å². The molecule has 2 aromatic heterocycles. The molecule has 0 saturated carbocycles. The summed E-state index contributed by atoms with van der Waals surface area (Å²) < 4.78 is 17.6. The number of benzene rings is 2. The summed E-state index contributed by atoms with van der Waals surface area (Å²) in [6, 6.07) is 11.8. The van der Waals surface area contributed by atoms with Crippen molar-refractivity contribution in [2.45, 2.75) is 33.0 Å². The molecule has 0 bridgehead atoms. The normalized spacial score (nSPS) is 14.6. The van der Waals surface area contributed by atoms with Crippen molar-refractivity contribution in [3.8, 4) is 11.5 Å². The predicted octanol–water partition coefficient (Wildman–Crippen LogP) is 5.27. The quantitative estimate of drug-likeness (QED) is 0.340. The van der Waals surface area contributed by atoms with E-state index in [1.54, 1.807) is 12.1 Å². The maximum absolute atomic E-state index is 13.2. The summed E-state index contributed by atoms with van der Waals surface area (Å²) in [5.74, 6) is 0.700. The fourth-order valence-corrected chi connectivity index (χ4v) is 5.07. The van der Waals surface area contributed by atoms with Crippen LogP contribution in [0.4, 0.5) is 11.6 Å². The van der Waals surface area contributed by atoms with Crippen molar-refractivity contribution in [1.29, 1.82) is 0 Å². The molecule has 6 rings (SSSR count).